The van der Waals surface area contributed by atoms with Crippen molar-refractivity contribution in [1.82, 2.24) is 15.0 Å². The van der Waals surface area contributed by atoms with Crippen molar-refractivity contribution in [3.8, 4) is 0 Å². The Hall–Kier alpha value is -1.81. The summed E-state index contributed by atoms with van der Waals surface area (Å²) in [5.41, 5.74) is -1.99. The largest absolute Gasteiger partial charge is 0.460 e. The number of rotatable bonds is 5. The average Bonchev–Trinajstić information content (AvgIpc) is 2.68. The number of aromatic nitrogens is 3. The predicted molar refractivity (Wildman–Crippen MR) is 51.5 cm³/mol. The Balaban J connectivity index is 3.30. The molecule has 1 aromatic rings. The molecule has 108 valence electrons. The fourth-order valence-electron chi connectivity index (χ4n) is 1.28. The molecular weight excluding hydrogens is 279 g/mol. The zero-order valence-electron chi connectivity index (χ0n) is 9.62. The number of hydrogen-bond donors (Lipinski definition) is 0. The number of nitro groups is 1. The van der Waals surface area contributed by atoms with E-state index in [4.69, 9.17) is 0 Å². The summed E-state index contributed by atoms with van der Waals surface area (Å²) >= 11 is 0. The van der Waals surface area contributed by atoms with E-state index < -0.39 is 28.5 Å². The molecule has 1 heterocycles. The van der Waals surface area contributed by atoms with Gasteiger partial charge in [-0.05, 0) is 11.3 Å². The van der Waals surface area contributed by atoms with Gasteiger partial charge in [-0.1, -0.05) is 13.3 Å². The van der Waals surface area contributed by atoms with Gasteiger partial charge in [0, 0.05) is 5.21 Å². The summed E-state index contributed by atoms with van der Waals surface area (Å²) in [5, 5.41) is 16.3. The lowest BCUT2D eigenvalue weighted by molar-refractivity contribution is -0.397. The van der Waals surface area contributed by atoms with Gasteiger partial charge in [-0.3, -0.25) is 0 Å². The third kappa shape index (κ3) is 2.79. The van der Waals surface area contributed by atoms with Gasteiger partial charge in [0.15, 0.2) is 0 Å². The van der Waals surface area contributed by atoms with Crippen LogP contribution in [0.1, 0.15) is 25.5 Å². The molecule has 0 aliphatic rings. The van der Waals surface area contributed by atoms with Crippen LogP contribution in [0, 0.1) is 10.1 Å². The molecule has 0 fully saturated rings. The molecular formula is C8H9F5N4O2. The Morgan fingerprint density at radius 2 is 1.89 bits per heavy atom. The number of aryl methyl sites for hydroxylation is 1. The molecule has 0 saturated heterocycles. The molecule has 0 aliphatic heterocycles. The highest BCUT2D eigenvalue weighted by Crippen LogP contribution is 2.45. The summed E-state index contributed by atoms with van der Waals surface area (Å²) in [6, 6.07) is 0. The van der Waals surface area contributed by atoms with E-state index in [0.717, 1.165) is 0 Å². The zero-order valence-corrected chi connectivity index (χ0v) is 9.62. The summed E-state index contributed by atoms with van der Waals surface area (Å²) in [6.45, 7) is 1.56. The molecule has 0 spiro atoms. The second-order valence-corrected chi connectivity index (χ2v) is 3.67. The second-order valence-electron chi connectivity index (χ2n) is 3.67. The normalized spacial score (nSPS) is 12.7. The molecule has 0 bridgehead atoms. The molecule has 19 heavy (non-hydrogen) atoms. The van der Waals surface area contributed by atoms with Gasteiger partial charge < -0.3 is 10.1 Å². The van der Waals surface area contributed by atoms with Crippen molar-refractivity contribution in [3.05, 3.63) is 15.8 Å². The van der Waals surface area contributed by atoms with Crippen LogP contribution in [-0.2, 0) is 12.5 Å². The first-order valence-corrected chi connectivity index (χ1v) is 5.15. The van der Waals surface area contributed by atoms with Gasteiger partial charge >= 0.3 is 17.9 Å². The van der Waals surface area contributed by atoms with Crippen LogP contribution in [0.25, 0.3) is 0 Å². The monoisotopic (exact) mass is 288 g/mol. The molecule has 0 N–H and O–H groups in total. The Bertz CT molecular complexity index is 470. The van der Waals surface area contributed by atoms with E-state index in [1.165, 1.54) is 0 Å². The maximum absolute atomic E-state index is 13.1. The molecule has 1 rings (SSSR count). The lowest BCUT2D eigenvalue weighted by atomic mass is 10.2. The SMILES string of the molecule is CCCCn1nnc(C(F)(F)C(F)(F)F)c1[N+](=O)[O-]. The lowest BCUT2D eigenvalue weighted by Gasteiger charge is -2.16. The Labute approximate surface area is 103 Å². The van der Waals surface area contributed by atoms with E-state index in [1.807, 2.05) is 0 Å². The average molecular weight is 288 g/mol. The van der Waals surface area contributed by atoms with Crippen LogP contribution in [0.15, 0.2) is 0 Å². The molecule has 0 aromatic carbocycles. The molecule has 0 aliphatic carbocycles. The Morgan fingerprint density at radius 1 is 1.32 bits per heavy atom. The Kier molecular flexibility index (Phi) is 4.06. The maximum atomic E-state index is 13.1. The van der Waals surface area contributed by atoms with Crippen LogP contribution in [0.4, 0.5) is 27.8 Å². The quantitative estimate of drug-likeness (QED) is 0.474. The fraction of sp³-hybridized carbons (Fsp3) is 0.750. The van der Waals surface area contributed by atoms with Gasteiger partial charge in [-0.2, -0.15) is 22.0 Å². The van der Waals surface area contributed by atoms with Crippen molar-refractivity contribution in [2.24, 2.45) is 0 Å². The van der Waals surface area contributed by atoms with E-state index in [9.17, 15) is 32.1 Å². The number of halogens is 5. The number of hydrogen-bond acceptors (Lipinski definition) is 4. The second kappa shape index (κ2) is 5.05. The zero-order chi connectivity index (χ0) is 14.8. The smallest absolute Gasteiger partial charge is 0.358 e. The number of unbranched alkanes of at least 4 members (excludes halogenated alkanes) is 1. The van der Waals surface area contributed by atoms with Crippen LogP contribution in [0.3, 0.4) is 0 Å². The predicted octanol–water partition coefficient (Wildman–Crippen LogP) is 2.64. The molecule has 0 radical (unpaired) electrons. The standard InChI is InChI=1S/C8H9F5N4O2/c1-2-3-4-16-6(17(18)19)5(14-15-16)7(9,10)8(11,12)13/h2-4H2,1H3. The summed E-state index contributed by atoms with van der Waals surface area (Å²) in [6.07, 6.45) is -5.08. The van der Waals surface area contributed by atoms with Crippen LogP contribution >= 0.6 is 0 Å². The molecule has 0 amide bonds. The minimum Gasteiger partial charge on any atom is -0.358 e. The molecule has 1 aromatic heterocycles. The molecule has 6 nitrogen and oxygen atoms in total. The van der Waals surface area contributed by atoms with Crippen LogP contribution in [0.5, 0.6) is 0 Å². The Morgan fingerprint density at radius 3 is 2.32 bits per heavy atom. The third-order valence-corrected chi connectivity index (χ3v) is 2.26. The van der Waals surface area contributed by atoms with Crippen molar-refractivity contribution < 1.29 is 26.9 Å². The fourth-order valence-corrected chi connectivity index (χ4v) is 1.28. The third-order valence-electron chi connectivity index (χ3n) is 2.26. The maximum Gasteiger partial charge on any atom is 0.460 e. The lowest BCUT2D eigenvalue weighted by Crippen LogP contribution is -2.34. The molecule has 0 unspecified atom stereocenters. The summed E-state index contributed by atoms with van der Waals surface area (Å²) in [4.78, 5) is 9.30. The minimum atomic E-state index is -5.97. The van der Waals surface area contributed by atoms with Crippen molar-refractivity contribution in [2.45, 2.75) is 38.4 Å². The van der Waals surface area contributed by atoms with E-state index in [2.05, 4.69) is 10.3 Å². The number of nitrogens with zero attached hydrogens (tertiary/aromatic N) is 4. The van der Waals surface area contributed by atoms with E-state index in [0.29, 0.717) is 17.5 Å². The van der Waals surface area contributed by atoms with Crippen LogP contribution in [-0.4, -0.2) is 26.1 Å². The van der Waals surface area contributed by atoms with Gasteiger partial charge in [-0.25, -0.2) is 0 Å². The topological polar surface area (TPSA) is 73.8 Å². The van der Waals surface area contributed by atoms with Crippen molar-refractivity contribution in [1.29, 1.82) is 0 Å². The van der Waals surface area contributed by atoms with E-state index in [1.54, 1.807) is 6.92 Å². The summed E-state index contributed by atoms with van der Waals surface area (Å²) in [5.74, 6) is -6.85. The van der Waals surface area contributed by atoms with E-state index >= 15 is 0 Å². The van der Waals surface area contributed by atoms with Crippen molar-refractivity contribution >= 4 is 5.82 Å². The first kappa shape index (κ1) is 15.2. The highest BCUT2D eigenvalue weighted by molar-refractivity contribution is 5.30. The minimum absolute atomic E-state index is 0.159. The first-order valence-electron chi connectivity index (χ1n) is 5.15. The van der Waals surface area contributed by atoms with Gasteiger partial charge in [0.05, 0.1) is 0 Å². The van der Waals surface area contributed by atoms with Crippen molar-refractivity contribution in [2.75, 3.05) is 0 Å². The van der Waals surface area contributed by atoms with Crippen LogP contribution in [0.2, 0.25) is 0 Å². The summed E-state index contributed by atoms with van der Waals surface area (Å²) < 4.78 is 63.1. The van der Waals surface area contributed by atoms with Gasteiger partial charge in [0.2, 0.25) is 5.69 Å². The van der Waals surface area contributed by atoms with Crippen molar-refractivity contribution in [3.63, 3.8) is 0 Å². The van der Waals surface area contributed by atoms with E-state index in [-0.39, 0.29) is 6.54 Å². The van der Waals surface area contributed by atoms with Crippen LogP contribution < -0.4 is 0 Å². The van der Waals surface area contributed by atoms with Gasteiger partial charge in [-0.15, -0.1) is 9.78 Å². The highest BCUT2D eigenvalue weighted by Gasteiger charge is 2.64. The number of alkyl halides is 5. The summed E-state index contributed by atoms with van der Waals surface area (Å²) in [7, 11) is 0. The first-order chi connectivity index (χ1) is 8.63. The molecule has 0 atom stereocenters. The van der Waals surface area contributed by atoms with Gasteiger partial charge in [0.25, 0.3) is 0 Å². The molecule has 11 heteroatoms. The highest BCUT2D eigenvalue weighted by atomic mass is 19.4. The van der Waals surface area contributed by atoms with Gasteiger partial charge in [0.1, 0.15) is 6.54 Å². The molecule has 0 saturated carbocycles.